The Labute approximate surface area is 133 Å². The minimum absolute atomic E-state index is 0.333. The largest absolute Gasteiger partial charge is 0.468 e. The number of rotatable bonds is 5. The highest BCUT2D eigenvalue weighted by Gasteiger charge is 2.39. The number of hydrogen-bond acceptors (Lipinski definition) is 5. The highest BCUT2D eigenvalue weighted by molar-refractivity contribution is 6.00. The van der Waals surface area contributed by atoms with Crippen molar-refractivity contribution in [2.24, 2.45) is 5.73 Å². The van der Waals surface area contributed by atoms with Crippen molar-refractivity contribution in [3.8, 4) is 0 Å². The Hall–Kier alpha value is -2.64. The van der Waals surface area contributed by atoms with E-state index in [4.69, 9.17) is 10.2 Å². The van der Waals surface area contributed by atoms with Crippen LogP contribution >= 0.6 is 0 Å². The van der Waals surface area contributed by atoms with E-state index in [2.05, 4.69) is 10.6 Å². The zero-order valence-corrected chi connectivity index (χ0v) is 12.4. The summed E-state index contributed by atoms with van der Waals surface area (Å²) in [6.45, 7) is 0.687. The lowest BCUT2D eigenvalue weighted by atomic mass is 10.1. The third-order valence-electron chi connectivity index (χ3n) is 3.75. The number of amides is 3. The number of nitrogens with zero attached hydrogens (tertiary/aromatic N) is 1. The summed E-state index contributed by atoms with van der Waals surface area (Å²) in [7, 11) is 0. The molecule has 1 aliphatic rings. The molecule has 0 spiro atoms. The van der Waals surface area contributed by atoms with Gasteiger partial charge in [0.15, 0.2) is 0 Å². The molecule has 1 fully saturated rings. The minimum Gasteiger partial charge on any atom is -0.468 e. The third kappa shape index (κ3) is 3.41. The van der Waals surface area contributed by atoms with Gasteiger partial charge in [-0.15, -0.1) is 0 Å². The first-order valence-corrected chi connectivity index (χ1v) is 7.32. The fourth-order valence-electron chi connectivity index (χ4n) is 2.52. The first kappa shape index (κ1) is 15.3. The van der Waals surface area contributed by atoms with E-state index in [0.29, 0.717) is 18.8 Å². The molecule has 7 heteroatoms. The van der Waals surface area contributed by atoms with E-state index in [1.165, 1.54) is 4.90 Å². The summed E-state index contributed by atoms with van der Waals surface area (Å²) in [5.41, 5.74) is 7.08. The van der Waals surface area contributed by atoms with Crippen LogP contribution in [0.15, 0.2) is 53.1 Å². The van der Waals surface area contributed by atoms with Crippen LogP contribution in [0.3, 0.4) is 0 Å². The molecule has 1 saturated heterocycles. The first-order valence-electron chi connectivity index (χ1n) is 7.32. The van der Waals surface area contributed by atoms with Crippen LogP contribution in [-0.4, -0.2) is 29.0 Å². The van der Waals surface area contributed by atoms with Gasteiger partial charge in [-0.05, 0) is 17.7 Å². The maximum absolute atomic E-state index is 12.1. The van der Waals surface area contributed by atoms with Gasteiger partial charge in [0.25, 0.3) is 0 Å². The average molecular weight is 314 g/mol. The van der Waals surface area contributed by atoms with E-state index in [1.807, 2.05) is 30.3 Å². The van der Waals surface area contributed by atoms with Gasteiger partial charge < -0.3 is 15.1 Å². The predicted molar refractivity (Wildman–Crippen MR) is 82.8 cm³/mol. The lowest BCUT2D eigenvalue weighted by molar-refractivity contribution is -0.125. The molecule has 2 aromatic rings. The number of carbonyl (C=O) groups is 2. The van der Waals surface area contributed by atoms with Gasteiger partial charge in [0.2, 0.25) is 5.91 Å². The Morgan fingerprint density at radius 3 is 2.65 bits per heavy atom. The van der Waals surface area contributed by atoms with Gasteiger partial charge in [0.1, 0.15) is 18.0 Å². The molecule has 7 nitrogen and oxygen atoms in total. The number of benzene rings is 1. The summed E-state index contributed by atoms with van der Waals surface area (Å²) in [6, 6.07) is 11.9. The Morgan fingerprint density at radius 1 is 1.17 bits per heavy atom. The second-order valence-corrected chi connectivity index (χ2v) is 5.34. The number of hydrogen-bond donors (Lipinski definition) is 3. The first-order chi connectivity index (χ1) is 11.1. The van der Waals surface area contributed by atoms with E-state index in [9.17, 15) is 9.59 Å². The highest BCUT2D eigenvalue weighted by atomic mass is 16.3. The topological polar surface area (TPSA) is 101 Å². The van der Waals surface area contributed by atoms with Crippen molar-refractivity contribution in [2.45, 2.75) is 25.3 Å². The predicted octanol–water partition coefficient (Wildman–Crippen LogP) is 0.775. The van der Waals surface area contributed by atoms with Crippen LogP contribution in [0.5, 0.6) is 0 Å². The number of nitrogens with two attached hydrogens (primary N) is 1. The number of nitrogens with one attached hydrogen (secondary N) is 2. The standard InChI is InChI=1S/C16H18N4O3/c17-14-13(18-9-12-7-4-8-23-12)15(21)19-16(22)20(14)10-11-5-2-1-3-6-11/h1-8,13-14,18H,9-10,17H2,(H,19,21,22). The van der Waals surface area contributed by atoms with Gasteiger partial charge >= 0.3 is 6.03 Å². The number of urea groups is 1. The molecule has 0 radical (unpaired) electrons. The average Bonchev–Trinajstić information content (AvgIpc) is 3.05. The molecule has 23 heavy (non-hydrogen) atoms. The van der Waals surface area contributed by atoms with Crippen molar-refractivity contribution >= 4 is 11.9 Å². The number of furan rings is 1. The van der Waals surface area contributed by atoms with Crippen LogP contribution in [0.25, 0.3) is 0 Å². The molecule has 0 bridgehead atoms. The molecule has 0 aliphatic carbocycles. The van der Waals surface area contributed by atoms with Gasteiger partial charge in [-0.2, -0.15) is 0 Å². The van der Waals surface area contributed by atoms with E-state index in [0.717, 1.165) is 5.56 Å². The summed E-state index contributed by atoms with van der Waals surface area (Å²) in [6.07, 6.45) is 0.801. The van der Waals surface area contributed by atoms with Crippen LogP contribution in [0.2, 0.25) is 0 Å². The molecule has 1 aliphatic heterocycles. The molecule has 2 unspecified atom stereocenters. The van der Waals surface area contributed by atoms with Crippen LogP contribution in [0.1, 0.15) is 11.3 Å². The van der Waals surface area contributed by atoms with E-state index in [1.54, 1.807) is 18.4 Å². The summed E-state index contributed by atoms with van der Waals surface area (Å²) >= 11 is 0. The molecule has 4 N–H and O–H groups in total. The Kier molecular flexibility index (Phi) is 4.40. The molecule has 2 atom stereocenters. The van der Waals surface area contributed by atoms with Crippen LogP contribution in [-0.2, 0) is 17.9 Å². The third-order valence-corrected chi connectivity index (χ3v) is 3.75. The van der Waals surface area contributed by atoms with Crippen molar-refractivity contribution in [1.82, 2.24) is 15.5 Å². The molecule has 0 saturated carbocycles. The van der Waals surface area contributed by atoms with Crippen molar-refractivity contribution < 1.29 is 14.0 Å². The number of carbonyl (C=O) groups excluding carboxylic acids is 2. The van der Waals surface area contributed by atoms with Crippen LogP contribution in [0.4, 0.5) is 4.79 Å². The molecule has 120 valence electrons. The van der Waals surface area contributed by atoms with Crippen molar-refractivity contribution in [1.29, 1.82) is 0 Å². The Morgan fingerprint density at radius 2 is 1.96 bits per heavy atom. The maximum Gasteiger partial charge on any atom is 0.325 e. The summed E-state index contributed by atoms with van der Waals surface area (Å²) in [5.74, 6) is 0.259. The van der Waals surface area contributed by atoms with E-state index in [-0.39, 0.29) is 0 Å². The van der Waals surface area contributed by atoms with Crippen molar-refractivity contribution in [3.63, 3.8) is 0 Å². The quantitative estimate of drug-likeness (QED) is 0.757. The van der Waals surface area contributed by atoms with Gasteiger partial charge in [-0.25, -0.2) is 4.79 Å². The molecule has 1 aromatic carbocycles. The van der Waals surface area contributed by atoms with Crippen molar-refractivity contribution in [3.05, 3.63) is 60.1 Å². The zero-order chi connectivity index (χ0) is 16.2. The summed E-state index contributed by atoms with van der Waals surface area (Å²) < 4.78 is 5.22. The normalized spacial score (nSPS) is 21.3. The molecular weight excluding hydrogens is 296 g/mol. The minimum atomic E-state index is -0.758. The molecule has 3 amide bonds. The SMILES string of the molecule is NC1C(NCc2ccco2)C(=O)NC(=O)N1Cc1ccccc1. The summed E-state index contributed by atoms with van der Waals surface area (Å²) in [5, 5.41) is 5.37. The lowest BCUT2D eigenvalue weighted by Gasteiger charge is -2.38. The van der Waals surface area contributed by atoms with Gasteiger partial charge in [0, 0.05) is 6.54 Å². The fourth-order valence-corrected chi connectivity index (χ4v) is 2.52. The zero-order valence-electron chi connectivity index (χ0n) is 12.4. The highest BCUT2D eigenvalue weighted by Crippen LogP contribution is 2.13. The Balaban J connectivity index is 1.70. The van der Waals surface area contributed by atoms with E-state index >= 15 is 0 Å². The lowest BCUT2D eigenvalue weighted by Crippen LogP contribution is -2.69. The maximum atomic E-state index is 12.1. The molecule has 1 aromatic heterocycles. The van der Waals surface area contributed by atoms with Gasteiger partial charge in [-0.3, -0.25) is 15.4 Å². The monoisotopic (exact) mass is 314 g/mol. The van der Waals surface area contributed by atoms with Gasteiger partial charge in [0.05, 0.1) is 12.8 Å². The smallest absolute Gasteiger partial charge is 0.325 e. The van der Waals surface area contributed by atoms with Crippen LogP contribution in [0, 0.1) is 0 Å². The van der Waals surface area contributed by atoms with Crippen LogP contribution < -0.4 is 16.4 Å². The Bertz CT molecular complexity index is 672. The van der Waals surface area contributed by atoms with E-state index < -0.39 is 24.1 Å². The number of imide groups is 1. The molecular formula is C16H18N4O3. The van der Waals surface area contributed by atoms with Gasteiger partial charge in [-0.1, -0.05) is 30.3 Å². The summed E-state index contributed by atoms with van der Waals surface area (Å²) in [4.78, 5) is 25.5. The molecule has 3 rings (SSSR count). The van der Waals surface area contributed by atoms with Crippen molar-refractivity contribution in [2.75, 3.05) is 0 Å². The molecule has 2 heterocycles. The fraction of sp³-hybridized carbons (Fsp3) is 0.250. The second kappa shape index (κ2) is 6.64. The second-order valence-electron chi connectivity index (χ2n) is 5.34.